The normalized spacial score (nSPS) is 18.3. The summed E-state index contributed by atoms with van der Waals surface area (Å²) >= 11 is 1.77. The van der Waals surface area contributed by atoms with Crippen molar-refractivity contribution < 1.29 is 4.74 Å². The van der Waals surface area contributed by atoms with Gasteiger partial charge < -0.3 is 10.1 Å². The second-order valence-corrected chi connectivity index (χ2v) is 6.52. The molecule has 1 aromatic heterocycles. The molecule has 0 saturated heterocycles. The molecule has 1 aliphatic rings. The van der Waals surface area contributed by atoms with Crippen molar-refractivity contribution >= 4 is 11.3 Å². The third kappa shape index (κ3) is 4.54. The van der Waals surface area contributed by atoms with E-state index in [1.165, 1.54) is 49.2 Å². The molecule has 4 heteroatoms. The predicted octanol–water partition coefficient (Wildman–Crippen LogP) is 4.30. The van der Waals surface area contributed by atoms with Gasteiger partial charge in [0.2, 0.25) is 0 Å². The second kappa shape index (κ2) is 8.75. The minimum Gasteiger partial charge on any atom is -0.371 e. The zero-order chi connectivity index (χ0) is 14.2. The molecule has 0 aromatic carbocycles. The summed E-state index contributed by atoms with van der Waals surface area (Å²) in [4.78, 5) is 4.81. The zero-order valence-corrected chi connectivity index (χ0v) is 13.7. The highest BCUT2D eigenvalue weighted by molar-refractivity contribution is 7.09. The topological polar surface area (TPSA) is 34.1 Å². The number of aromatic nitrogens is 1. The molecule has 1 fully saturated rings. The first kappa shape index (κ1) is 15.9. The van der Waals surface area contributed by atoms with E-state index in [0.29, 0.717) is 5.92 Å². The first-order valence-corrected chi connectivity index (χ1v) is 8.99. The largest absolute Gasteiger partial charge is 0.371 e. The lowest BCUT2D eigenvalue weighted by Gasteiger charge is -2.28. The van der Waals surface area contributed by atoms with Crippen molar-refractivity contribution in [1.29, 1.82) is 0 Å². The Morgan fingerprint density at radius 3 is 2.85 bits per heavy atom. The highest BCUT2D eigenvalue weighted by atomic mass is 32.1. The minimum atomic E-state index is 0.227. The maximum absolute atomic E-state index is 6.03. The second-order valence-electron chi connectivity index (χ2n) is 5.63. The van der Waals surface area contributed by atoms with Gasteiger partial charge in [0.05, 0.1) is 5.69 Å². The van der Waals surface area contributed by atoms with E-state index in [9.17, 15) is 0 Å². The van der Waals surface area contributed by atoms with Crippen molar-refractivity contribution in [3.05, 3.63) is 16.1 Å². The number of nitrogens with zero attached hydrogens (tertiary/aromatic N) is 1. The lowest BCUT2D eigenvalue weighted by Crippen LogP contribution is -2.19. The smallest absolute Gasteiger partial charge is 0.122 e. The van der Waals surface area contributed by atoms with Crippen LogP contribution in [0.25, 0.3) is 0 Å². The summed E-state index contributed by atoms with van der Waals surface area (Å²) in [5.41, 5.74) is 1.17. The number of hydrogen-bond donors (Lipinski definition) is 1. The fraction of sp³-hybridized carbons (Fsp3) is 0.812. The molecule has 1 heterocycles. The predicted molar refractivity (Wildman–Crippen MR) is 85.1 cm³/mol. The van der Waals surface area contributed by atoms with Gasteiger partial charge in [0.1, 0.15) is 11.1 Å². The summed E-state index contributed by atoms with van der Waals surface area (Å²) in [7, 11) is 0. The van der Waals surface area contributed by atoms with Gasteiger partial charge >= 0.3 is 0 Å². The van der Waals surface area contributed by atoms with E-state index >= 15 is 0 Å². The van der Waals surface area contributed by atoms with Crippen LogP contribution in [0.5, 0.6) is 0 Å². The Morgan fingerprint density at radius 2 is 2.15 bits per heavy atom. The van der Waals surface area contributed by atoms with E-state index in [2.05, 4.69) is 24.5 Å². The molecule has 1 aliphatic carbocycles. The minimum absolute atomic E-state index is 0.227. The van der Waals surface area contributed by atoms with Crippen LogP contribution in [0.1, 0.15) is 69.2 Å². The van der Waals surface area contributed by atoms with Crippen molar-refractivity contribution in [1.82, 2.24) is 10.3 Å². The summed E-state index contributed by atoms with van der Waals surface area (Å²) in [5, 5.41) is 6.79. The molecule has 2 rings (SSSR count). The van der Waals surface area contributed by atoms with Gasteiger partial charge in [-0.05, 0) is 38.6 Å². The van der Waals surface area contributed by atoms with E-state index in [0.717, 1.165) is 19.7 Å². The molecule has 1 N–H and O–H groups in total. The number of rotatable bonds is 8. The van der Waals surface area contributed by atoms with Crippen molar-refractivity contribution in [3.63, 3.8) is 0 Å². The molecule has 1 aromatic rings. The number of nitrogens with one attached hydrogen (secondary N) is 1. The Kier molecular flexibility index (Phi) is 6.97. The maximum Gasteiger partial charge on any atom is 0.122 e. The average molecular weight is 296 g/mol. The van der Waals surface area contributed by atoms with E-state index in [1.54, 1.807) is 11.3 Å². The summed E-state index contributed by atoms with van der Waals surface area (Å²) in [6.45, 7) is 7.00. The third-order valence-electron chi connectivity index (χ3n) is 3.97. The summed E-state index contributed by atoms with van der Waals surface area (Å²) in [6.07, 6.45) is 8.08. The summed E-state index contributed by atoms with van der Waals surface area (Å²) in [5.74, 6) is 0.673. The highest BCUT2D eigenvalue weighted by Gasteiger charge is 2.27. The highest BCUT2D eigenvalue weighted by Crippen LogP contribution is 2.37. The fourth-order valence-electron chi connectivity index (χ4n) is 2.95. The van der Waals surface area contributed by atoms with E-state index in [-0.39, 0.29) is 6.10 Å². The lowest BCUT2D eigenvalue weighted by molar-refractivity contribution is 0.00542. The lowest BCUT2D eigenvalue weighted by atomic mass is 9.85. The van der Waals surface area contributed by atoms with Crippen LogP contribution in [-0.4, -0.2) is 18.1 Å². The average Bonchev–Trinajstić information content (AvgIpc) is 2.94. The Labute approximate surface area is 127 Å². The molecular weight excluding hydrogens is 268 g/mol. The molecule has 1 atom stereocenters. The van der Waals surface area contributed by atoms with Crippen LogP contribution < -0.4 is 5.32 Å². The molecule has 0 amide bonds. The van der Waals surface area contributed by atoms with Crippen molar-refractivity contribution in [2.45, 2.75) is 65.0 Å². The van der Waals surface area contributed by atoms with Crippen LogP contribution in [0.4, 0.5) is 0 Å². The molecule has 0 spiro atoms. The van der Waals surface area contributed by atoms with Crippen LogP contribution in [0, 0.1) is 5.92 Å². The van der Waals surface area contributed by atoms with Gasteiger partial charge in [-0.1, -0.05) is 26.2 Å². The molecule has 114 valence electrons. The van der Waals surface area contributed by atoms with E-state index in [4.69, 9.17) is 9.72 Å². The molecule has 3 nitrogen and oxygen atoms in total. The van der Waals surface area contributed by atoms with Crippen LogP contribution >= 0.6 is 11.3 Å². The molecule has 20 heavy (non-hydrogen) atoms. The molecule has 0 aliphatic heterocycles. The molecule has 1 unspecified atom stereocenters. The van der Waals surface area contributed by atoms with Gasteiger partial charge in [-0.2, -0.15) is 0 Å². The number of thiazole rings is 1. The standard InChI is InChI=1S/C16H28N2OS/c1-3-10-17-11-14-12-20-16(18-14)15(19-4-2)13-8-6-5-7-9-13/h12-13,15,17H,3-11H2,1-2H3. The fourth-order valence-corrected chi connectivity index (χ4v) is 3.91. The molecular formula is C16H28N2OS. The van der Waals surface area contributed by atoms with Gasteiger partial charge in [0, 0.05) is 18.5 Å². The molecule has 1 saturated carbocycles. The first-order chi connectivity index (χ1) is 9.85. The Hall–Kier alpha value is -0.450. The Bertz CT molecular complexity index is 374. The van der Waals surface area contributed by atoms with Crippen LogP contribution in [0.15, 0.2) is 5.38 Å². The zero-order valence-electron chi connectivity index (χ0n) is 12.9. The van der Waals surface area contributed by atoms with E-state index in [1.807, 2.05) is 0 Å². The summed E-state index contributed by atoms with van der Waals surface area (Å²) in [6, 6.07) is 0. The maximum atomic E-state index is 6.03. The number of ether oxygens (including phenoxy) is 1. The van der Waals surface area contributed by atoms with Gasteiger partial charge in [-0.25, -0.2) is 4.98 Å². The SMILES string of the molecule is CCCNCc1csc(C(OCC)C2CCCCC2)n1. The molecule has 0 radical (unpaired) electrons. The first-order valence-electron chi connectivity index (χ1n) is 8.11. The van der Waals surface area contributed by atoms with Crippen molar-refractivity contribution in [3.8, 4) is 0 Å². The van der Waals surface area contributed by atoms with Crippen LogP contribution in [0.2, 0.25) is 0 Å². The number of hydrogen-bond acceptors (Lipinski definition) is 4. The van der Waals surface area contributed by atoms with Crippen molar-refractivity contribution in [2.24, 2.45) is 5.92 Å². The van der Waals surface area contributed by atoms with Gasteiger partial charge in [-0.3, -0.25) is 0 Å². The van der Waals surface area contributed by atoms with Gasteiger partial charge in [-0.15, -0.1) is 11.3 Å². The van der Waals surface area contributed by atoms with E-state index < -0.39 is 0 Å². The monoisotopic (exact) mass is 296 g/mol. The Balaban J connectivity index is 1.97. The summed E-state index contributed by atoms with van der Waals surface area (Å²) < 4.78 is 6.03. The van der Waals surface area contributed by atoms with Crippen molar-refractivity contribution in [2.75, 3.05) is 13.2 Å². The Morgan fingerprint density at radius 1 is 1.35 bits per heavy atom. The van der Waals surface area contributed by atoms with Gasteiger partial charge in [0.15, 0.2) is 0 Å². The van der Waals surface area contributed by atoms with Crippen LogP contribution in [0.3, 0.4) is 0 Å². The van der Waals surface area contributed by atoms with Crippen LogP contribution in [-0.2, 0) is 11.3 Å². The quantitative estimate of drug-likeness (QED) is 0.726. The van der Waals surface area contributed by atoms with Gasteiger partial charge in [0.25, 0.3) is 0 Å². The molecule has 0 bridgehead atoms. The third-order valence-corrected chi connectivity index (χ3v) is 4.93.